The van der Waals surface area contributed by atoms with Gasteiger partial charge in [0.15, 0.2) is 0 Å². The van der Waals surface area contributed by atoms with Crippen LogP contribution in [-0.2, 0) is 0 Å². The van der Waals surface area contributed by atoms with Gasteiger partial charge in [0.25, 0.3) is 0 Å². The maximum Gasteiger partial charge on any atom is 0.00111 e. The molecule has 3 rings (SSSR count). The zero-order valence-electron chi connectivity index (χ0n) is 10.3. The van der Waals surface area contributed by atoms with Crippen LogP contribution in [0.5, 0.6) is 0 Å². The van der Waals surface area contributed by atoms with Crippen LogP contribution in [0.2, 0.25) is 0 Å². The fraction of sp³-hybridized carbons (Fsp3) is 0.176. The smallest absolute Gasteiger partial charge is 0.00111 e. The van der Waals surface area contributed by atoms with Gasteiger partial charge in [0.1, 0.15) is 0 Å². The molecular weight excluding hydrogens is 204 g/mol. The van der Waals surface area contributed by atoms with Crippen LogP contribution >= 0.6 is 0 Å². The second-order valence-corrected chi connectivity index (χ2v) is 5.28. The lowest BCUT2D eigenvalue weighted by atomic mass is 9.93. The molecule has 0 fully saturated rings. The summed E-state index contributed by atoms with van der Waals surface area (Å²) in [6.07, 6.45) is 9.05. The number of rotatable bonds is 0. The first-order valence-electron chi connectivity index (χ1n) is 6.06. The molecule has 0 nitrogen and oxygen atoms in total. The van der Waals surface area contributed by atoms with Crippen LogP contribution in [0.3, 0.4) is 0 Å². The highest BCUT2D eigenvalue weighted by Gasteiger charge is 2.13. The van der Waals surface area contributed by atoms with Crippen molar-refractivity contribution in [2.75, 3.05) is 0 Å². The Balaban J connectivity index is 2.33. The SMILES string of the molecule is CC1(C)C=Cc2ccc3ccccc3c2C=C1. The van der Waals surface area contributed by atoms with Crippen LogP contribution in [-0.4, -0.2) is 0 Å². The van der Waals surface area contributed by atoms with Gasteiger partial charge in [-0.25, -0.2) is 0 Å². The van der Waals surface area contributed by atoms with E-state index in [0.717, 1.165) is 0 Å². The van der Waals surface area contributed by atoms with E-state index in [4.69, 9.17) is 0 Å². The largest absolute Gasteiger partial charge is 0.0745 e. The van der Waals surface area contributed by atoms with Crippen molar-refractivity contribution >= 4 is 22.9 Å². The molecule has 0 radical (unpaired) electrons. The quantitative estimate of drug-likeness (QED) is 0.592. The molecule has 0 amide bonds. The molecule has 1 aliphatic carbocycles. The maximum atomic E-state index is 2.28. The molecule has 0 heteroatoms. The lowest BCUT2D eigenvalue weighted by Crippen LogP contribution is -1.99. The van der Waals surface area contributed by atoms with Crippen molar-refractivity contribution in [1.82, 2.24) is 0 Å². The first-order chi connectivity index (χ1) is 8.16. The number of hydrogen-bond donors (Lipinski definition) is 0. The average Bonchev–Trinajstić information content (AvgIpc) is 2.49. The summed E-state index contributed by atoms with van der Waals surface area (Å²) in [7, 11) is 0. The molecule has 2 aromatic rings. The second-order valence-electron chi connectivity index (χ2n) is 5.28. The van der Waals surface area contributed by atoms with E-state index in [1.54, 1.807) is 0 Å². The van der Waals surface area contributed by atoms with Gasteiger partial charge >= 0.3 is 0 Å². The van der Waals surface area contributed by atoms with Crippen molar-refractivity contribution in [2.24, 2.45) is 5.41 Å². The Morgan fingerprint density at radius 1 is 0.824 bits per heavy atom. The third-order valence-corrected chi connectivity index (χ3v) is 3.38. The minimum absolute atomic E-state index is 0.139. The second kappa shape index (κ2) is 3.59. The Kier molecular flexibility index (Phi) is 2.19. The van der Waals surface area contributed by atoms with Gasteiger partial charge in [-0.3, -0.25) is 0 Å². The minimum atomic E-state index is 0.139. The van der Waals surface area contributed by atoms with Gasteiger partial charge in [-0.2, -0.15) is 0 Å². The van der Waals surface area contributed by atoms with Gasteiger partial charge in [-0.1, -0.05) is 74.5 Å². The lowest BCUT2D eigenvalue weighted by Gasteiger charge is -2.12. The molecule has 1 aliphatic rings. The molecular formula is C17H16. The van der Waals surface area contributed by atoms with E-state index in [1.807, 2.05) is 0 Å². The fourth-order valence-corrected chi connectivity index (χ4v) is 2.30. The van der Waals surface area contributed by atoms with Crippen molar-refractivity contribution in [2.45, 2.75) is 13.8 Å². The Morgan fingerprint density at radius 3 is 2.47 bits per heavy atom. The number of hydrogen-bond acceptors (Lipinski definition) is 0. The van der Waals surface area contributed by atoms with Gasteiger partial charge in [0, 0.05) is 5.41 Å². The van der Waals surface area contributed by atoms with E-state index in [0.29, 0.717) is 0 Å². The highest BCUT2D eigenvalue weighted by molar-refractivity contribution is 5.94. The van der Waals surface area contributed by atoms with Crippen LogP contribution in [0.15, 0.2) is 48.6 Å². The van der Waals surface area contributed by atoms with Crippen molar-refractivity contribution in [3.05, 3.63) is 59.7 Å². The van der Waals surface area contributed by atoms with Crippen molar-refractivity contribution in [1.29, 1.82) is 0 Å². The summed E-state index contributed by atoms with van der Waals surface area (Å²) < 4.78 is 0. The van der Waals surface area contributed by atoms with E-state index in [9.17, 15) is 0 Å². The normalized spacial score (nSPS) is 16.8. The Labute approximate surface area is 102 Å². The standard InChI is InChI=1S/C17H16/c1-17(2)11-9-14-8-7-13-5-3-4-6-15(13)16(14)10-12-17/h3-12H,1-2H3. The third-order valence-electron chi connectivity index (χ3n) is 3.38. The molecule has 2 aromatic carbocycles. The van der Waals surface area contributed by atoms with Crippen molar-refractivity contribution < 1.29 is 0 Å². The van der Waals surface area contributed by atoms with Gasteiger partial charge in [0.2, 0.25) is 0 Å². The zero-order chi connectivity index (χ0) is 11.9. The highest BCUT2D eigenvalue weighted by atomic mass is 14.2. The van der Waals surface area contributed by atoms with Gasteiger partial charge in [-0.15, -0.1) is 0 Å². The minimum Gasteiger partial charge on any atom is -0.0745 e. The first kappa shape index (κ1) is 10.3. The molecule has 0 N–H and O–H groups in total. The third kappa shape index (κ3) is 1.80. The first-order valence-corrected chi connectivity index (χ1v) is 6.06. The summed E-state index contributed by atoms with van der Waals surface area (Å²) in [6, 6.07) is 13.0. The lowest BCUT2D eigenvalue weighted by molar-refractivity contribution is 0.633. The average molecular weight is 220 g/mol. The van der Waals surface area contributed by atoms with Crippen LogP contribution < -0.4 is 0 Å². The number of allylic oxidation sites excluding steroid dienone is 2. The van der Waals surface area contributed by atoms with E-state index in [2.05, 4.69) is 74.5 Å². The van der Waals surface area contributed by atoms with E-state index in [-0.39, 0.29) is 5.41 Å². The van der Waals surface area contributed by atoms with Crippen molar-refractivity contribution in [3.63, 3.8) is 0 Å². The van der Waals surface area contributed by atoms with Gasteiger partial charge in [-0.05, 0) is 21.9 Å². The molecule has 0 unspecified atom stereocenters. The Morgan fingerprint density at radius 2 is 1.59 bits per heavy atom. The molecule has 0 aromatic heterocycles. The molecule has 0 spiro atoms. The van der Waals surface area contributed by atoms with Crippen LogP contribution in [0, 0.1) is 5.41 Å². The number of fused-ring (bicyclic) bond motifs is 3. The Bertz CT molecular complexity index is 628. The van der Waals surface area contributed by atoms with E-state index >= 15 is 0 Å². The van der Waals surface area contributed by atoms with Gasteiger partial charge in [0.05, 0.1) is 0 Å². The molecule has 0 atom stereocenters. The molecule has 0 bridgehead atoms. The van der Waals surface area contributed by atoms with Crippen LogP contribution in [0.1, 0.15) is 25.0 Å². The predicted octanol–water partition coefficient (Wildman–Crippen LogP) is 4.91. The van der Waals surface area contributed by atoms with Gasteiger partial charge < -0.3 is 0 Å². The summed E-state index contributed by atoms with van der Waals surface area (Å²) in [4.78, 5) is 0. The summed E-state index contributed by atoms with van der Waals surface area (Å²) >= 11 is 0. The monoisotopic (exact) mass is 220 g/mol. The van der Waals surface area contributed by atoms with Crippen molar-refractivity contribution in [3.8, 4) is 0 Å². The summed E-state index contributed by atoms with van der Waals surface area (Å²) in [5, 5.41) is 2.65. The van der Waals surface area contributed by atoms with Crippen LogP contribution in [0.4, 0.5) is 0 Å². The molecule has 0 saturated heterocycles. The highest BCUT2D eigenvalue weighted by Crippen LogP contribution is 2.31. The summed E-state index contributed by atoms with van der Waals surface area (Å²) in [6.45, 7) is 4.46. The molecule has 17 heavy (non-hydrogen) atoms. The van der Waals surface area contributed by atoms with E-state index < -0.39 is 0 Å². The topological polar surface area (TPSA) is 0 Å². The predicted molar refractivity (Wildman–Crippen MR) is 75.8 cm³/mol. The zero-order valence-corrected chi connectivity index (χ0v) is 10.3. The maximum absolute atomic E-state index is 2.28. The molecule has 0 heterocycles. The molecule has 0 saturated carbocycles. The fourth-order valence-electron chi connectivity index (χ4n) is 2.30. The number of benzene rings is 2. The van der Waals surface area contributed by atoms with Crippen LogP contribution in [0.25, 0.3) is 22.9 Å². The Hall–Kier alpha value is -1.82. The molecule has 84 valence electrons. The van der Waals surface area contributed by atoms with E-state index in [1.165, 1.54) is 21.9 Å². The molecule has 0 aliphatic heterocycles. The summed E-state index contributed by atoms with van der Waals surface area (Å²) in [5.41, 5.74) is 2.79. The summed E-state index contributed by atoms with van der Waals surface area (Å²) in [5.74, 6) is 0.